The molecule has 4 rings (SSSR count). The summed E-state index contributed by atoms with van der Waals surface area (Å²) in [5.74, 6) is 0.548. The molecule has 0 amide bonds. The number of allylic oxidation sites excluding steroid dienone is 14. The molecule has 4 aliphatic carbocycles. The third kappa shape index (κ3) is 1.46. The lowest BCUT2D eigenvalue weighted by molar-refractivity contribution is 0.418. The average molecular weight is 248 g/mol. The van der Waals surface area contributed by atoms with Crippen LogP contribution in [0.25, 0.3) is 0 Å². The van der Waals surface area contributed by atoms with Gasteiger partial charge in [0.1, 0.15) is 0 Å². The van der Waals surface area contributed by atoms with Gasteiger partial charge in [-0.2, -0.15) is 0 Å². The molecule has 0 aliphatic heterocycles. The van der Waals surface area contributed by atoms with Gasteiger partial charge in [0.2, 0.25) is 0 Å². The summed E-state index contributed by atoms with van der Waals surface area (Å²) < 4.78 is 0. The van der Waals surface area contributed by atoms with Crippen molar-refractivity contribution in [1.82, 2.24) is 0 Å². The Balaban J connectivity index is 1.98. The van der Waals surface area contributed by atoms with Crippen molar-refractivity contribution >= 4 is 7.12 Å². The van der Waals surface area contributed by atoms with Gasteiger partial charge < -0.3 is 10.0 Å². The number of hydrogen-bond donors (Lipinski definition) is 2. The lowest BCUT2D eigenvalue weighted by Gasteiger charge is -2.40. The van der Waals surface area contributed by atoms with Crippen LogP contribution in [-0.2, 0) is 0 Å². The van der Waals surface area contributed by atoms with E-state index in [1.54, 1.807) is 0 Å². The minimum absolute atomic E-state index is 0.225. The largest absolute Gasteiger partial charge is 0.488 e. The second kappa shape index (κ2) is 3.83. The summed E-state index contributed by atoms with van der Waals surface area (Å²) in [5, 5.41) is 19.1. The van der Waals surface area contributed by atoms with Crippen LogP contribution in [0.5, 0.6) is 0 Å². The van der Waals surface area contributed by atoms with Gasteiger partial charge in [-0.3, -0.25) is 0 Å². The predicted octanol–water partition coefficient (Wildman–Crippen LogP) is 2.03. The molecule has 0 radical (unpaired) electrons. The maximum absolute atomic E-state index is 9.53. The zero-order chi connectivity index (χ0) is 13.0. The number of hydrogen-bond acceptors (Lipinski definition) is 2. The quantitative estimate of drug-likeness (QED) is 0.697. The van der Waals surface area contributed by atoms with Gasteiger partial charge >= 0.3 is 7.12 Å². The van der Waals surface area contributed by atoms with Crippen molar-refractivity contribution in [3.8, 4) is 0 Å². The monoisotopic (exact) mass is 248 g/mol. The van der Waals surface area contributed by atoms with Crippen LogP contribution in [0.1, 0.15) is 0 Å². The molecule has 0 saturated carbocycles. The molecule has 0 fully saturated rings. The van der Waals surface area contributed by atoms with E-state index in [-0.39, 0.29) is 5.92 Å². The molecule has 3 heteroatoms. The summed E-state index contributed by atoms with van der Waals surface area (Å²) >= 11 is 0. The van der Waals surface area contributed by atoms with Crippen molar-refractivity contribution in [2.75, 3.05) is 0 Å². The molecular formula is C16H13BO2. The molecule has 2 nitrogen and oxygen atoms in total. The Morgan fingerprint density at radius 2 is 1.42 bits per heavy atom. The first-order chi connectivity index (χ1) is 9.25. The van der Waals surface area contributed by atoms with Crippen LogP contribution in [0.4, 0.5) is 0 Å². The van der Waals surface area contributed by atoms with E-state index in [4.69, 9.17) is 0 Å². The Morgan fingerprint density at radius 3 is 2.21 bits per heavy atom. The summed E-state index contributed by atoms with van der Waals surface area (Å²) in [6.45, 7) is 0. The van der Waals surface area contributed by atoms with Gasteiger partial charge in [-0.15, -0.1) is 0 Å². The van der Waals surface area contributed by atoms with Crippen LogP contribution >= 0.6 is 0 Å². The maximum Gasteiger partial charge on any atom is 0.488 e. The fraction of sp³-hybridized carbons (Fsp3) is 0.125. The smallest absolute Gasteiger partial charge is 0.423 e. The molecule has 2 N–H and O–H groups in total. The lowest BCUT2D eigenvalue weighted by Crippen LogP contribution is -2.31. The topological polar surface area (TPSA) is 40.5 Å². The van der Waals surface area contributed by atoms with E-state index in [2.05, 4.69) is 36.5 Å². The molecule has 92 valence electrons. The van der Waals surface area contributed by atoms with Gasteiger partial charge in [0.15, 0.2) is 0 Å². The predicted molar refractivity (Wildman–Crippen MR) is 75.9 cm³/mol. The van der Waals surface area contributed by atoms with Crippen molar-refractivity contribution < 1.29 is 10.0 Å². The average Bonchev–Trinajstić information content (AvgIpc) is 2.44. The Morgan fingerprint density at radius 1 is 0.737 bits per heavy atom. The zero-order valence-corrected chi connectivity index (χ0v) is 10.3. The van der Waals surface area contributed by atoms with Gasteiger partial charge in [0.25, 0.3) is 0 Å². The van der Waals surface area contributed by atoms with Crippen molar-refractivity contribution in [2.45, 2.75) is 0 Å². The Hall–Kier alpha value is -1.84. The highest BCUT2D eigenvalue weighted by molar-refractivity contribution is 6.52. The Bertz CT molecular complexity index is 669. The lowest BCUT2D eigenvalue weighted by atomic mass is 9.59. The van der Waals surface area contributed by atoms with Gasteiger partial charge in [-0.25, -0.2) is 0 Å². The van der Waals surface area contributed by atoms with E-state index in [0.29, 0.717) is 11.4 Å². The summed E-state index contributed by atoms with van der Waals surface area (Å²) in [4.78, 5) is 0. The van der Waals surface area contributed by atoms with Gasteiger partial charge in [-0.1, -0.05) is 54.7 Å². The minimum atomic E-state index is -1.41. The Kier molecular flexibility index (Phi) is 2.22. The molecule has 0 bridgehead atoms. The second-order valence-electron chi connectivity index (χ2n) is 5.27. The standard InChI is InChI=1S/C16H13BO2/c18-17(19)14-9-7-12-5-4-10-2-1-3-11-6-8-13(14)16(12)15(10)11/h1-9,15-16,18-19H. The van der Waals surface area contributed by atoms with Crippen LogP contribution in [0.15, 0.2) is 82.4 Å². The molecule has 19 heavy (non-hydrogen) atoms. The van der Waals surface area contributed by atoms with Crippen LogP contribution < -0.4 is 0 Å². The van der Waals surface area contributed by atoms with Crippen LogP contribution in [0, 0.1) is 11.8 Å². The van der Waals surface area contributed by atoms with Gasteiger partial charge in [0, 0.05) is 11.8 Å². The summed E-state index contributed by atoms with van der Waals surface area (Å²) in [6, 6.07) is 0. The first-order valence-corrected chi connectivity index (χ1v) is 6.52. The van der Waals surface area contributed by atoms with Crippen LogP contribution in [-0.4, -0.2) is 17.2 Å². The molecule has 2 atom stereocenters. The highest BCUT2D eigenvalue weighted by Crippen LogP contribution is 2.49. The molecule has 0 aromatic rings. The molecule has 4 aliphatic rings. The molecule has 0 heterocycles. The van der Waals surface area contributed by atoms with Crippen molar-refractivity contribution in [1.29, 1.82) is 0 Å². The number of rotatable bonds is 1. The van der Waals surface area contributed by atoms with Crippen LogP contribution in [0.2, 0.25) is 0 Å². The van der Waals surface area contributed by atoms with E-state index < -0.39 is 7.12 Å². The van der Waals surface area contributed by atoms with E-state index in [9.17, 15) is 10.0 Å². The highest BCUT2D eigenvalue weighted by atomic mass is 16.4. The third-order valence-electron chi connectivity index (χ3n) is 4.31. The molecule has 2 unspecified atom stereocenters. The van der Waals surface area contributed by atoms with Crippen molar-refractivity contribution in [3.63, 3.8) is 0 Å². The fourth-order valence-electron chi connectivity index (χ4n) is 3.46. The molecule has 0 saturated heterocycles. The van der Waals surface area contributed by atoms with Gasteiger partial charge in [-0.05, 0) is 27.8 Å². The first kappa shape index (κ1) is 11.0. The highest BCUT2D eigenvalue weighted by Gasteiger charge is 2.39. The molecular weight excluding hydrogens is 235 g/mol. The zero-order valence-electron chi connectivity index (χ0n) is 10.3. The fourth-order valence-corrected chi connectivity index (χ4v) is 3.46. The van der Waals surface area contributed by atoms with Crippen molar-refractivity contribution in [3.05, 3.63) is 82.4 Å². The van der Waals surface area contributed by atoms with E-state index in [1.165, 1.54) is 16.7 Å². The first-order valence-electron chi connectivity index (χ1n) is 6.52. The summed E-state index contributed by atoms with van der Waals surface area (Å²) in [7, 11) is -1.41. The summed E-state index contributed by atoms with van der Waals surface area (Å²) in [6.07, 6.45) is 18.6. The molecule has 0 aromatic carbocycles. The minimum Gasteiger partial charge on any atom is -0.423 e. The SMILES string of the molecule is OB(O)C1=C2C=CC3=CC=CC4=CC=C(C=C1)C2C34. The molecule has 0 aromatic heterocycles. The molecule has 0 spiro atoms. The van der Waals surface area contributed by atoms with E-state index in [0.717, 1.165) is 5.57 Å². The second-order valence-corrected chi connectivity index (χ2v) is 5.27. The van der Waals surface area contributed by atoms with E-state index >= 15 is 0 Å². The third-order valence-corrected chi connectivity index (χ3v) is 4.31. The van der Waals surface area contributed by atoms with E-state index in [1.807, 2.05) is 18.2 Å². The van der Waals surface area contributed by atoms with Crippen molar-refractivity contribution in [2.24, 2.45) is 11.8 Å². The van der Waals surface area contributed by atoms with Crippen LogP contribution in [0.3, 0.4) is 0 Å². The Labute approximate surface area is 112 Å². The van der Waals surface area contributed by atoms with Gasteiger partial charge in [0.05, 0.1) is 0 Å². The normalized spacial score (nSPS) is 29.7. The maximum atomic E-state index is 9.53. The summed E-state index contributed by atoms with van der Waals surface area (Å²) in [5.41, 5.74) is 5.50.